The summed E-state index contributed by atoms with van der Waals surface area (Å²) in [6.45, 7) is 21.8. The molecule has 2 saturated heterocycles. The first kappa shape index (κ1) is 44.7. The SMILES string of the molecule is CCO[Si](CCCNC(=O)O[C@@H]([C@H](OC(=O)NCCC[Si](OCC)(OCC)OCC)[C@H]1COC(C)(C)O1)[C@H]1COC(C)(C)O1)(OCC)OCC. The van der Waals surface area contributed by atoms with Gasteiger partial charge in [0.05, 0.1) is 13.2 Å². The Hall–Kier alpha value is -1.43. The van der Waals surface area contributed by atoms with Crippen LogP contribution in [0.25, 0.3) is 0 Å². The van der Waals surface area contributed by atoms with E-state index in [2.05, 4.69) is 10.6 Å². The van der Waals surface area contributed by atoms with E-state index in [1.165, 1.54) is 0 Å². The van der Waals surface area contributed by atoms with Crippen LogP contribution in [-0.4, -0.2) is 132 Å². The number of hydrogen-bond donors (Lipinski definition) is 2. The third-order valence-electron chi connectivity index (χ3n) is 7.65. The predicted molar refractivity (Wildman–Crippen MR) is 186 cm³/mol. The van der Waals surface area contributed by atoms with Crippen LogP contribution in [0.15, 0.2) is 0 Å². The van der Waals surface area contributed by atoms with Crippen LogP contribution in [0.4, 0.5) is 9.59 Å². The Morgan fingerprint density at radius 2 is 0.900 bits per heavy atom. The van der Waals surface area contributed by atoms with Crippen molar-refractivity contribution in [2.24, 2.45) is 0 Å². The second-order valence-corrected chi connectivity index (χ2v) is 18.0. The molecule has 0 aromatic carbocycles. The highest BCUT2D eigenvalue weighted by Gasteiger charge is 2.51. The van der Waals surface area contributed by atoms with E-state index in [4.69, 9.17) is 55.0 Å². The van der Waals surface area contributed by atoms with E-state index in [1.807, 2.05) is 41.5 Å². The van der Waals surface area contributed by atoms with E-state index in [0.717, 1.165) is 0 Å². The van der Waals surface area contributed by atoms with E-state index < -0.39 is 65.8 Å². The lowest BCUT2D eigenvalue weighted by atomic mass is 10.0. The van der Waals surface area contributed by atoms with Crippen molar-refractivity contribution in [3.8, 4) is 0 Å². The van der Waals surface area contributed by atoms with Gasteiger partial charge in [-0.05, 0) is 82.1 Å². The molecule has 294 valence electrons. The maximum Gasteiger partial charge on any atom is 0.500 e. The van der Waals surface area contributed by atoms with E-state index in [9.17, 15) is 9.59 Å². The van der Waals surface area contributed by atoms with Crippen molar-refractivity contribution >= 4 is 29.8 Å². The van der Waals surface area contributed by atoms with Crippen LogP contribution in [0, 0.1) is 0 Å². The first-order valence-corrected chi connectivity index (χ1v) is 21.9. The van der Waals surface area contributed by atoms with Crippen LogP contribution >= 0.6 is 0 Å². The molecule has 0 bridgehead atoms. The van der Waals surface area contributed by atoms with Gasteiger partial charge in [0, 0.05) is 64.8 Å². The van der Waals surface area contributed by atoms with Crippen LogP contribution in [0.1, 0.15) is 82.1 Å². The first-order valence-electron chi connectivity index (χ1n) is 18.1. The zero-order valence-corrected chi connectivity index (χ0v) is 33.9. The monoisotopic (exact) mass is 756 g/mol. The van der Waals surface area contributed by atoms with Gasteiger partial charge in [-0.3, -0.25) is 0 Å². The number of carbonyl (C=O) groups is 2. The highest BCUT2D eigenvalue weighted by Crippen LogP contribution is 2.33. The molecule has 0 aromatic heterocycles. The number of alkyl carbamates (subject to hydrolysis) is 2. The molecule has 18 heteroatoms. The number of ether oxygens (including phenoxy) is 6. The van der Waals surface area contributed by atoms with Gasteiger partial charge in [-0.15, -0.1) is 0 Å². The maximum absolute atomic E-state index is 13.3. The molecule has 2 fully saturated rings. The van der Waals surface area contributed by atoms with Gasteiger partial charge in [0.1, 0.15) is 12.2 Å². The molecular weight excluding hydrogens is 693 g/mol. The van der Waals surface area contributed by atoms with Gasteiger partial charge in [0.2, 0.25) is 0 Å². The Kier molecular flexibility index (Phi) is 19.6. The van der Waals surface area contributed by atoms with Crippen molar-refractivity contribution in [2.45, 2.75) is 130 Å². The van der Waals surface area contributed by atoms with E-state index >= 15 is 0 Å². The second kappa shape index (κ2) is 21.9. The molecule has 2 aliphatic heterocycles. The summed E-state index contributed by atoms with van der Waals surface area (Å²) >= 11 is 0. The van der Waals surface area contributed by atoms with Crippen molar-refractivity contribution in [1.29, 1.82) is 0 Å². The molecular formula is C32H64N2O14Si2. The summed E-state index contributed by atoms with van der Waals surface area (Å²) in [7, 11) is -5.77. The van der Waals surface area contributed by atoms with Crippen LogP contribution < -0.4 is 10.6 Å². The van der Waals surface area contributed by atoms with Gasteiger partial charge < -0.3 is 65.6 Å². The van der Waals surface area contributed by atoms with E-state index in [1.54, 1.807) is 27.7 Å². The quantitative estimate of drug-likeness (QED) is 0.0996. The molecule has 0 spiro atoms. The zero-order chi connectivity index (χ0) is 37.3. The molecule has 0 aromatic rings. The average molecular weight is 757 g/mol. The Morgan fingerprint density at radius 3 is 1.14 bits per heavy atom. The van der Waals surface area contributed by atoms with Gasteiger partial charge >= 0.3 is 29.8 Å². The third kappa shape index (κ3) is 14.9. The minimum Gasteiger partial charge on any atom is -0.439 e. The third-order valence-corrected chi connectivity index (χ3v) is 14.0. The number of amides is 2. The van der Waals surface area contributed by atoms with Crippen LogP contribution in [0.2, 0.25) is 12.1 Å². The molecule has 4 atom stereocenters. The smallest absolute Gasteiger partial charge is 0.439 e. The molecule has 50 heavy (non-hydrogen) atoms. The summed E-state index contributed by atoms with van der Waals surface area (Å²) in [4.78, 5) is 26.6. The predicted octanol–water partition coefficient (Wildman–Crippen LogP) is 4.36. The highest BCUT2D eigenvalue weighted by atomic mass is 28.4. The average Bonchev–Trinajstić information content (AvgIpc) is 3.60. The number of hydrogen-bond acceptors (Lipinski definition) is 14. The Labute approximate surface area is 300 Å². The minimum absolute atomic E-state index is 0.0909. The number of nitrogens with one attached hydrogen (secondary N) is 2. The highest BCUT2D eigenvalue weighted by molar-refractivity contribution is 6.61. The zero-order valence-electron chi connectivity index (χ0n) is 31.9. The molecule has 0 radical (unpaired) electrons. The van der Waals surface area contributed by atoms with Crippen molar-refractivity contribution in [3.63, 3.8) is 0 Å². The summed E-state index contributed by atoms with van der Waals surface area (Å²) in [6, 6.07) is 1.02. The standard InChI is InChI=1S/C32H64N2O14Si2/c1-11-39-49(40-12-2,41-13-3)21-17-19-33-29(35)45-27(25-23-37-31(7,8)47-25)28(26-24-38-32(9,10)48-26)46-30(36)34-20-18-22-50(42-14-4,43-15-5)44-16-6/h25-28H,11-24H2,1-10H3,(H,33,35)(H,34,36)/t25-,26-,27-,28-/m1/s1. The van der Waals surface area contributed by atoms with E-state index in [0.29, 0.717) is 64.6 Å². The molecule has 0 aliphatic carbocycles. The van der Waals surface area contributed by atoms with Gasteiger partial charge in [-0.25, -0.2) is 9.59 Å². The normalized spacial score (nSPS) is 21.5. The number of rotatable bonds is 25. The van der Waals surface area contributed by atoms with Crippen LogP contribution in [0.3, 0.4) is 0 Å². The summed E-state index contributed by atoms with van der Waals surface area (Å²) in [5.41, 5.74) is 0. The Morgan fingerprint density at radius 1 is 0.600 bits per heavy atom. The summed E-state index contributed by atoms with van der Waals surface area (Å²) in [6.07, 6.45) is -4.16. The van der Waals surface area contributed by atoms with E-state index in [-0.39, 0.29) is 26.3 Å². The lowest BCUT2D eigenvalue weighted by Gasteiger charge is -2.33. The molecule has 0 saturated carbocycles. The molecule has 2 N–H and O–H groups in total. The lowest BCUT2D eigenvalue weighted by Crippen LogP contribution is -2.53. The minimum atomic E-state index is -2.88. The van der Waals surface area contributed by atoms with Crippen molar-refractivity contribution in [3.05, 3.63) is 0 Å². The molecule has 16 nitrogen and oxygen atoms in total. The fraction of sp³-hybridized carbons (Fsp3) is 0.938. The lowest BCUT2D eigenvalue weighted by molar-refractivity contribution is -0.183. The van der Waals surface area contributed by atoms with Gasteiger partial charge in [-0.1, -0.05) is 0 Å². The topological polar surface area (TPSA) is 169 Å². The fourth-order valence-electron chi connectivity index (χ4n) is 5.79. The Balaban J connectivity index is 2.16. The fourth-order valence-corrected chi connectivity index (χ4v) is 11.0. The van der Waals surface area contributed by atoms with Crippen molar-refractivity contribution < 1.29 is 64.6 Å². The van der Waals surface area contributed by atoms with Gasteiger partial charge in [0.25, 0.3) is 0 Å². The van der Waals surface area contributed by atoms with Gasteiger partial charge in [0.15, 0.2) is 23.8 Å². The second-order valence-electron chi connectivity index (χ2n) is 12.5. The first-order chi connectivity index (χ1) is 23.7. The summed E-state index contributed by atoms with van der Waals surface area (Å²) < 4.78 is 71.4. The number of carbonyl (C=O) groups excluding carboxylic acids is 2. The van der Waals surface area contributed by atoms with Crippen LogP contribution in [0.5, 0.6) is 0 Å². The molecule has 0 unspecified atom stereocenters. The van der Waals surface area contributed by atoms with Gasteiger partial charge in [-0.2, -0.15) is 0 Å². The largest absolute Gasteiger partial charge is 0.500 e. The van der Waals surface area contributed by atoms with Crippen molar-refractivity contribution in [1.82, 2.24) is 10.6 Å². The molecule has 2 aliphatic rings. The Bertz CT molecular complexity index is 885. The molecule has 2 rings (SSSR count). The van der Waals surface area contributed by atoms with Crippen molar-refractivity contribution in [2.75, 3.05) is 65.9 Å². The molecule has 2 amide bonds. The summed E-state index contributed by atoms with van der Waals surface area (Å²) in [5.74, 6) is -1.91. The molecule has 2 heterocycles. The van der Waals surface area contributed by atoms with Crippen LogP contribution in [-0.2, 0) is 55.0 Å². The maximum atomic E-state index is 13.3. The summed E-state index contributed by atoms with van der Waals surface area (Å²) in [5, 5.41) is 5.59.